The van der Waals surface area contributed by atoms with Gasteiger partial charge in [-0.1, -0.05) is 0 Å². The molecular weight excluding hydrogens is 190 g/mol. The summed E-state index contributed by atoms with van der Waals surface area (Å²) in [5.74, 6) is -0.154. The molecule has 0 bridgehead atoms. The largest absolute Gasteiger partial charge is 0.372 e. The van der Waals surface area contributed by atoms with Crippen LogP contribution >= 0.6 is 0 Å². The molecule has 2 atom stereocenters. The molecule has 0 rings (SSSR count). The van der Waals surface area contributed by atoms with E-state index < -0.39 is 10.8 Å². The van der Waals surface area contributed by atoms with Crippen molar-refractivity contribution in [1.82, 2.24) is 5.32 Å². The molecule has 1 N–H and O–H groups in total. The Morgan fingerprint density at radius 1 is 1.62 bits per heavy atom. The fourth-order valence-corrected chi connectivity index (χ4v) is 0.939. The summed E-state index contributed by atoms with van der Waals surface area (Å²) >= 11 is 0. The summed E-state index contributed by atoms with van der Waals surface area (Å²) in [5, 5.41) is 2.63. The Hall–Kier alpha value is -0.420. The quantitative estimate of drug-likeness (QED) is 0.662. The number of ether oxygens (including phenoxy) is 1. The molecule has 0 radical (unpaired) electrons. The number of hydrogen-bond acceptors (Lipinski definition) is 3. The molecule has 0 saturated heterocycles. The molecule has 0 saturated carbocycles. The Morgan fingerprint density at radius 3 is 2.69 bits per heavy atom. The third-order valence-corrected chi connectivity index (χ3v) is 2.89. The Kier molecular flexibility index (Phi) is 6.80. The first-order chi connectivity index (χ1) is 6.07. The molecule has 0 heterocycles. The van der Waals surface area contributed by atoms with E-state index in [2.05, 4.69) is 5.32 Å². The molecule has 0 aliphatic heterocycles. The number of hydrogen-bond donors (Lipinski definition) is 1. The van der Waals surface area contributed by atoms with Crippen LogP contribution in [0.1, 0.15) is 13.8 Å². The van der Waals surface area contributed by atoms with Crippen molar-refractivity contribution in [3.05, 3.63) is 0 Å². The van der Waals surface area contributed by atoms with E-state index in [1.165, 1.54) is 0 Å². The number of nitrogens with one attached hydrogen (secondary N) is 1. The highest BCUT2D eigenvalue weighted by atomic mass is 32.2. The molecule has 0 aliphatic rings. The SMILES string of the molecule is CCOCC(=O)NCC(C)S(C)=O. The molecular formula is C8H17NO3S. The lowest BCUT2D eigenvalue weighted by Gasteiger charge is -2.09. The second-order valence-electron chi connectivity index (χ2n) is 2.75. The van der Waals surface area contributed by atoms with Crippen LogP contribution in [0.15, 0.2) is 0 Å². The average molecular weight is 207 g/mol. The van der Waals surface area contributed by atoms with Crippen molar-refractivity contribution in [2.24, 2.45) is 0 Å². The van der Waals surface area contributed by atoms with E-state index in [1.54, 1.807) is 6.26 Å². The van der Waals surface area contributed by atoms with Gasteiger partial charge < -0.3 is 10.1 Å². The second-order valence-corrected chi connectivity index (χ2v) is 4.55. The summed E-state index contributed by atoms with van der Waals surface area (Å²) in [7, 11) is -0.888. The maximum absolute atomic E-state index is 11.0. The summed E-state index contributed by atoms with van der Waals surface area (Å²) < 4.78 is 15.8. The highest BCUT2D eigenvalue weighted by Gasteiger charge is 2.07. The van der Waals surface area contributed by atoms with Crippen LogP contribution in [0, 0.1) is 0 Å². The number of carbonyl (C=O) groups excluding carboxylic acids is 1. The molecule has 2 unspecified atom stereocenters. The molecule has 1 amide bonds. The molecule has 0 aromatic carbocycles. The highest BCUT2D eigenvalue weighted by Crippen LogP contribution is 1.89. The van der Waals surface area contributed by atoms with Crippen LogP contribution in [0.2, 0.25) is 0 Å². The van der Waals surface area contributed by atoms with Gasteiger partial charge in [0, 0.05) is 35.5 Å². The van der Waals surface area contributed by atoms with Gasteiger partial charge in [0.25, 0.3) is 0 Å². The molecule has 0 aromatic heterocycles. The zero-order valence-corrected chi connectivity index (χ0v) is 9.15. The molecule has 13 heavy (non-hydrogen) atoms. The normalized spacial score (nSPS) is 15.0. The van der Waals surface area contributed by atoms with Gasteiger partial charge in [-0.3, -0.25) is 9.00 Å². The molecule has 0 aliphatic carbocycles. The maximum atomic E-state index is 11.0. The van der Waals surface area contributed by atoms with Crippen LogP contribution < -0.4 is 5.32 Å². The first kappa shape index (κ1) is 12.6. The minimum atomic E-state index is -0.888. The van der Waals surface area contributed by atoms with E-state index in [1.807, 2.05) is 13.8 Å². The Bertz CT molecular complexity index is 184. The molecule has 0 aromatic rings. The van der Waals surface area contributed by atoms with Crippen molar-refractivity contribution >= 4 is 16.7 Å². The van der Waals surface area contributed by atoms with Gasteiger partial charge in [-0.05, 0) is 13.8 Å². The second kappa shape index (κ2) is 7.03. The van der Waals surface area contributed by atoms with Gasteiger partial charge in [-0.2, -0.15) is 0 Å². The van der Waals surface area contributed by atoms with E-state index in [0.29, 0.717) is 13.2 Å². The lowest BCUT2D eigenvalue weighted by atomic mass is 10.4. The average Bonchev–Trinajstić information content (AvgIpc) is 2.10. The number of rotatable bonds is 6. The molecule has 4 nitrogen and oxygen atoms in total. The third-order valence-electron chi connectivity index (χ3n) is 1.59. The van der Waals surface area contributed by atoms with Crippen molar-refractivity contribution in [2.45, 2.75) is 19.1 Å². The van der Waals surface area contributed by atoms with E-state index in [4.69, 9.17) is 4.74 Å². The first-order valence-corrected chi connectivity index (χ1v) is 5.86. The zero-order chi connectivity index (χ0) is 10.3. The summed E-state index contributed by atoms with van der Waals surface area (Å²) in [4.78, 5) is 11.0. The van der Waals surface area contributed by atoms with Gasteiger partial charge in [-0.15, -0.1) is 0 Å². The lowest BCUT2D eigenvalue weighted by Crippen LogP contribution is -2.34. The van der Waals surface area contributed by atoms with E-state index in [-0.39, 0.29) is 17.8 Å². The molecule has 0 spiro atoms. The van der Waals surface area contributed by atoms with E-state index in [0.717, 1.165) is 0 Å². The fraction of sp³-hybridized carbons (Fsp3) is 0.875. The minimum absolute atomic E-state index is 0.00873. The van der Waals surface area contributed by atoms with Crippen LogP contribution in [0.3, 0.4) is 0 Å². The van der Waals surface area contributed by atoms with Gasteiger partial charge in [0.05, 0.1) is 0 Å². The fourth-order valence-electron chi connectivity index (χ4n) is 0.621. The molecule has 0 fully saturated rings. The van der Waals surface area contributed by atoms with E-state index in [9.17, 15) is 9.00 Å². The summed E-state index contributed by atoms with van der Waals surface area (Å²) in [6.45, 7) is 4.71. The standard InChI is InChI=1S/C8H17NO3S/c1-4-12-6-8(10)9-5-7(2)13(3)11/h7H,4-6H2,1-3H3,(H,9,10). The summed E-state index contributed by atoms with van der Waals surface area (Å²) in [6.07, 6.45) is 1.62. The topological polar surface area (TPSA) is 55.4 Å². The predicted molar refractivity (Wildman–Crippen MR) is 53.0 cm³/mol. The van der Waals surface area contributed by atoms with Gasteiger partial charge in [0.15, 0.2) is 0 Å². The minimum Gasteiger partial charge on any atom is -0.372 e. The van der Waals surface area contributed by atoms with Crippen molar-refractivity contribution in [3.8, 4) is 0 Å². The Morgan fingerprint density at radius 2 is 2.23 bits per heavy atom. The zero-order valence-electron chi connectivity index (χ0n) is 8.33. The van der Waals surface area contributed by atoms with Crippen LogP contribution in [0.5, 0.6) is 0 Å². The van der Waals surface area contributed by atoms with Crippen molar-refractivity contribution in [1.29, 1.82) is 0 Å². The van der Waals surface area contributed by atoms with Crippen LogP contribution in [0.4, 0.5) is 0 Å². The lowest BCUT2D eigenvalue weighted by molar-refractivity contribution is -0.125. The van der Waals surface area contributed by atoms with Crippen LogP contribution in [0.25, 0.3) is 0 Å². The molecule has 78 valence electrons. The number of carbonyl (C=O) groups is 1. The van der Waals surface area contributed by atoms with E-state index >= 15 is 0 Å². The smallest absolute Gasteiger partial charge is 0.246 e. The summed E-state index contributed by atoms with van der Waals surface area (Å²) in [6, 6.07) is 0. The van der Waals surface area contributed by atoms with Crippen molar-refractivity contribution in [2.75, 3.05) is 26.0 Å². The van der Waals surface area contributed by atoms with Crippen molar-refractivity contribution in [3.63, 3.8) is 0 Å². The third kappa shape index (κ3) is 6.72. The van der Waals surface area contributed by atoms with Crippen molar-refractivity contribution < 1.29 is 13.7 Å². The van der Waals surface area contributed by atoms with Gasteiger partial charge >= 0.3 is 0 Å². The first-order valence-electron chi connectivity index (χ1n) is 4.24. The number of amides is 1. The van der Waals surface area contributed by atoms with Crippen LogP contribution in [-0.2, 0) is 20.3 Å². The Labute approximate surface area is 81.5 Å². The molecule has 5 heteroatoms. The monoisotopic (exact) mass is 207 g/mol. The Balaban J connectivity index is 3.52. The van der Waals surface area contributed by atoms with Gasteiger partial charge in [-0.25, -0.2) is 0 Å². The van der Waals surface area contributed by atoms with Gasteiger partial charge in [0.1, 0.15) is 6.61 Å². The summed E-state index contributed by atoms with van der Waals surface area (Å²) in [5.41, 5.74) is 0. The van der Waals surface area contributed by atoms with Gasteiger partial charge in [0.2, 0.25) is 5.91 Å². The van der Waals surface area contributed by atoms with Crippen LogP contribution in [-0.4, -0.2) is 41.4 Å². The highest BCUT2D eigenvalue weighted by molar-refractivity contribution is 7.84. The predicted octanol–water partition coefficient (Wildman–Crippen LogP) is -0.0939. The maximum Gasteiger partial charge on any atom is 0.246 e.